The maximum absolute atomic E-state index is 12.7. The van der Waals surface area contributed by atoms with E-state index in [4.69, 9.17) is 9.72 Å². The van der Waals surface area contributed by atoms with Crippen molar-refractivity contribution in [2.45, 2.75) is 32.6 Å². The summed E-state index contributed by atoms with van der Waals surface area (Å²) in [5.74, 6) is -0.302. The number of carbonyl (C=O) groups is 1. The van der Waals surface area contributed by atoms with Crippen LogP contribution in [0, 0.1) is 11.3 Å². The molecule has 5 nitrogen and oxygen atoms in total. The van der Waals surface area contributed by atoms with Crippen LogP contribution in [0.15, 0.2) is 54.0 Å². The number of benzene rings is 2. The molecular weight excluding hydrogens is 462 g/mol. The third-order valence-electron chi connectivity index (χ3n) is 5.90. The molecule has 2 aromatic heterocycles. The lowest BCUT2D eigenvalue weighted by molar-refractivity contribution is 0.0526. The van der Waals surface area contributed by atoms with Crippen LogP contribution < -0.4 is 5.32 Å². The lowest BCUT2D eigenvalue weighted by Crippen LogP contribution is -2.10. The second kappa shape index (κ2) is 9.80. The number of thiazole rings is 1. The molecule has 0 radical (unpaired) electrons. The minimum Gasteiger partial charge on any atom is -0.462 e. The number of nitriles is 1. The van der Waals surface area contributed by atoms with E-state index in [-0.39, 0.29) is 5.97 Å². The predicted molar refractivity (Wildman–Crippen MR) is 139 cm³/mol. The van der Waals surface area contributed by atoms with Crippen LogP contribution in [0.1, 0.15) is 45.6 Å². The van der Waals surface area contributed by atoms with Crippen molar-refractivity contribution in [1.82, 2.24) is 4.98 Å². The molecule has 2 aromatic carbocycles. The van der Waals surface area contributed by atoms with E-state index in [1.807, 2.05) is 24.4 Å². The Morgan fingerprint density at radius 1 is 1.21 bits per heavy atom. The topological polar surface area (TPSA) is 75.0 Å². The van der Waals surface area contributed by atoms with Crippen molar-refractivity contribution in [3.63, 3.8) is 0 Å². The zero-order chi connectivity index (χ0) is 23.5. The Morgan fingerprint density at radius 2 is 2.03 bits per heavy atom. The van der Waals surface area contributed by atoms with Crippen molar-refractivity contribution in [1.29, 1.82) is 5.26 Å². The average molecular weight is 486 g/mol. The Labute approximate surface area is 206 Å². The quantitative estimate of drug-likeness (QED) is 0.234. The average Bonchev–Trinajstić information content (AvgIpc) is 3.49. The standard InChI is InChI=1S/C27H23N3O2S2/c1-2-32-27(31)24-21-9-5-6-10-23(21)34-26(24)29-15-20(14-28)25-30-22(16-33-25)19-12-11-17-7-3-4-8-18(17)13-19/h3-4,7-8,11-13,15-16,29H,2,5-6,9-10H2,1H3. The van der Waals surface area contributed by atoms with E-state index in [0.29, 0.717) is 22.8 Å². The van der Waals surface area contributed by atoms with E-state index < -0.39 is 0 Å². The van der Waals surface area contributed by atoms with Gasteiger partial charge in [-0.2, -0.15) is 5.26 Å². The molecule has 1 aliphatic carbocycles. The van der Waals surface area contributed by atoms with Crippen LogP contribution in [0.4, 0.5) is 5.00 Å². The summed E-state index contributed by atoms with van der Waals surface area (Å²) >= 11 is 3.02. The molecule has 0 saturated carbocycles. The van der Waals surface area contributed by atoms with E-state index >= 15 is 0 Å². The monoisotopic (exact) mass is 485 g/mol. The highest BCUT2D eigenvalue weighted by Crippen LogP contribution is 2.39. The van der Waals surface area contributed by atoms with E-state index in [9.17, 15) is 10.1 Å². The fourth-order valence-corrected chi connectivity index (χ4v) is 6.29. The van der Waals surface area contributed by atoms with Gasteiger partial charge in [0.15, 0.2) is 0 Å². The van der Waals surface area contributed by atoms with Gasteiger partial charge >= 0.3 is 5.97 Å². The number of carbonyl (C=O) groups excluding carboxylic acids is 1. The summed E-state index contributed by atoms with van der Waals surface area (Å²) in [7, 11) is 0. The molecule has 0 amide bonds. The molecule has 7 heteroatoms. The summed E-state index contributed by atoms with van der Waals surface area (Å²) in [6.45, 7) is 2.14. The Bertz CT molecular complexity index is 1440. The van der Waals surface area contributed by atoms with Crippen LogP contribution in [0.5, 0.6) is 0 Å². The first-order valence-corrected chi connectivity index (χ1v) is 13.0. The number of rotatable bonds is 6. The van der Waals surface area contributed by atoms with Gasteiger partial charge in [-0.3, -0.25) is 0 Å². The van der Waals surface area contributed by atoms with E-state index in [2.05, 4.69) is 41.7 Å². The number of nitrogens with zero attached hydrogens (tertiary/aromatic N) is 2. The van der Waals surface area contributed by atoms with E-state index in [1.54, 1.807) is 17.5 Å². The number of aryl methyl sites for hydroxylation is 1. The molecule has 0 fully saturated rings. The van der Waals surface area contributed by atoms with Crippen molar-refractivity contribution in [2.24, 2.45) is 0 Å². The van der Waals surface area contributed by atoms with Gasteiger partial charge in [0.05, 0.1) is 17.9 Å². The highest BCUT2D eigenvalue weighted by Gasteiger charge is 2.26. The zero-order valence-electron chi connectivity index (χ0n) is 18.8. The summed E-state index contributed by atoms with van der Waals surface area (Å²) in [6.07, 6.45) is 5.72. The predicted octanol–water partition coefficient (Wildman–Crippen LogP) is 7.06. The van der Waals surface area contributed by atoms with Gasteiger partial charge in [0, 0.05) is 22.0 Å². The Kier molecular flexibility index (Phi) is 6.43. The third kappa shape index (κ3) is 4.35. The lowest BCUT2D eigenvalue weighted by atomic mass is 9.95. The number of fused-ring (bicyclic) bond motifs is 2. The molecule has 1 aliphatic rings. The first-order valence-electron chi connectivity index (χ1n) is 11.3. The first kappa shape index (κ1) is 22.3. The summed E-state index contributed by atoms with van der Waals surface area (Å²) in [6, 6.07) is 16.7. The lowest BCUT2D eigenvalue weighted by Gasteiger charge is -2.12. The molecule has 1 N–H and O–H groups in total. The molecule has 0 spiro atoms. The van der Waals surface area contributed by atoms with Gasteiger partial charge in [-0.05, 0) is 55.0 Å². The molecule has 0 bridgehead atoms. The molecule has 0 atom stereocenters. The Morgan fingerprint density at radius 3 is 2.85 bits per heavy atom. The van der Waals surface area contributed by atoms with Crippen LogP contribution in [-0.2, 0) is 17.6 Å². The fourth-order valence-electron chi connectivity index (χ4n) is 4.24. The van der Waals surface area contributed by atoms with Crippen LogP contribution in [0.25, 0.3) is 27.6 Å². The van der Waals surface area contributed by atoms with Crippen LogP contribution in [0.2, 0.25) is 0 Å². The van der Waals surface area contributed by atoms with Crippen molar-refractivity contribution in [3.8, 4) is 17.3 Å². The summed E-state index contributed by atoms with van der Waals surface area (Å²) in [5.41, 5.74) is 3.99. The molecular formula is C27H23N3O2S2. The molecule has 0 aliphatic heterocycles. The number of allylic oxidation sites excluding steroid dienone is 1. The number of hydrogen-bond acceptors (Lipinski definition) is 7. The van der Waals surface area contributed by atoms with Gasteiger partial charge < -0.3 is 10.1 Å². The summed E-state index contributed by atoms with van der Waals surface area (Å²) in [4.78, 5) is 18.6. The van der Waals surface area contributed by atoms with E-state index in [1.165, 1.54) is 21.6 Å². The van der Waals surface area contributed by atoms with Crippen molar-refractivity contribution >= 4 is 50.0 Å². The van der Waals surface area contributed by atoms with Gasteiger partial charge in [0.2, 0.25) is 0 Å². The summed E-state index contributed by atoms with van der Waals surface area (Å²) in [5, 5.41) is 18.7. The molecule has 4 aromatic rings. The van der Waals surface area contributed by atoms with Gasteiger partial charge in [0.25, 0.3) is 0 Å². The van der Waals surface area contributed by atoms with Crippen LogP contribution >= 0.6 is 22.7 Å². The molecule has 5 rings (SSSR count). The smallest absolute Gasteiger partial charge is 0.341 e. The largest absolute Gasteiger partial charge is 0.462 e. The minimum absolute atomic E-state index is 0.302. The van der Waals surface area contributed by atoms with Gasteiger partial charge in [-0.25, -0.2) is 9.78 Å². The number of aromatic nitrogens is 1. The Balaban J connectivity index is 1.43. The van der Waals surface area contributed by atoms with E-state index in [0.717, 1.165) is 52.9 Å². The van der Waals surface area contributed by atoms with Crippen molar-refractivity contribution in [2.75, 3.05) is 11.9 Å². The number of anilines is 1. The van der Waals surface area contributed by atoms with Crippen molar-refractivity contribution < 1.29 is 9.53 Å². The number of hydrogen-bond donors (Lipinski definition) is 1. The number of thiophene rings is 1. The number of esters is 1. The zero-order valence-corrected chi connectivity index (χ0v) is 20.4. The van der Waals surface area contributed by atoms with Gasteiger partial charge in [-0.15, -0.1) is 22.7 Å². The molecule has 170 valence electrons. The maximum atomic E-state index is 12.7. The number of ether oxygens (including phenoxy) is 1. The second-order valence-electron chi connectivity index (χ2n) is 8.05. The van der Waals surface area contributed by atoms with Crippen LogP contribution in [0.3, 0.4) is 0 Å². The molecule has 0 saturated heterocycles. The van der Waals surface area contributed by atoms with Crippen LogP contribution in [-0.4, -0.2) is 17.6 Å². The third-order valence-corrected chi connectivity index (χ3v) is 8.00. The van der Waals surface area contributed by atoms with Gasteiger partial charge in [-0.1, -0.05) is 36.4 Å². The SMILES string of the molecule is CCOC(=O)c1c(NC=C(C#N)c2nc(-c3ccc4ccccc4c3)cs2)sc2c1CCCC2. The highest BCUT2D eigenvalue weighted by atomic mass is 32.1. The normalized spacial score (nSPS) is 13.4. The molecule has 2 heterocycles. The van der Waals surface area contributed by atoms with Gasteiger partial charge in [0.1, 0.15) is 21.7 Å². The minimum atomic E-state index is -0.302. The maximum Gasteiger partial charge on any atom is 0.341 e. The van der Waals surface area contributed by atoms with Crippen molar-refractivity contribution in [3.05, 3.63) is 75.1 Å². The molecule has 0 unspecified atom stereocenters. The summed E-state index contributed by atoms with van der Waals surface area (Å²) < 4.78 is 5.33. The number of nitrogens with one attached hydrogen (secondary N) is 1. The first-order chi connectivity index (χ1) is 16.7. The Hall–Kier alpha value is -3.47. The second-order valence-corrected chi connectivity index (χ2v) is 10.0. The highest BCUT2D eigenvalue weighted by molar-refractivity contribution is 7.16. The fraction of sp³-hybridized carbons (Fsp3) is 0.222. The molecule has 34 heavy (non-hydrogen) atoms.